The number of Topliss-reactive ketones (excluding diaryl/α,β-unsaturated/α-hetero) is 2. The molecule has 0 aromatic heterocycles. The molecule has 1 fully saturated rings. The van der Waals surface area contributed by atoms with E-state index in [2.05, 4.69) is 5.32 Å². The van der Waals surface area contributed by atoms with Crippen LogP contribution >= 0.6 is 0 Å². The molecule has 1 amide bonds. The van der Waals surface area contributed by atoms with E-state index in [9.17, 15) is 14.4 Å². The van der Waals surface area contributed by atoms with Crippen molar-refractivity contribution >= 4 is 17.5 Å². The molecule has 1 aliphatic carbocycles. The first-order valence-corrected chi connectivity index (χ1v) is 8.11. The number of hydrogen-bond donors (Lipinski definition) is 1. The Morgan fingerprint density at radius 2 is 1.65 bits per heavy atom. The summed E-state index contributed by atoms with van der Waals surface area (Å²) in [6, 6.07) is 6.81. The minimum Gasteiger partial charge on any atom is -0.367 e. The van der Waals surface area contributed by atoms with Gasteiger partial charge in [-0.3, -0.25) is 14.4 Å². The average Bonchev–Trinajstić information content (AvgIpc) is 2.60. The molecule has 120 valence electrons. The largest absolute Gasteiger partial charge is 0.367 e. The smallest absolute Gasteiger partial charge is 0.224 e. The number of rotatable bonds is 3. The average molecular weight is 312 g/mol. The number of piperidine rings is 1. The summed E-state index contributed by atoms with van der Waals surface area (Å²) in [4.78, 5) is 39.5. The molecular formula is C18H20N2O3. The minimum atomic E-state index is -0.275. The summed E-state index contributed by atoms with van der Waals surface area (Å²) < 4.78 is 0. The first kappa shape index (κ1) is 15.5. The number of nitrogens with one attached hydrogen (secondary N) is 1. The molecule has 1 aromatic rings. The van der Waals surface area contributed by atoms with Crippen molar-refractivity contribution in [3.63, 3.8) is 0 Å². The van der Waals surface area contributed by atoms with Gasteiger partial charge >= 0.3 is 0 Å². The maximum absolute atomic E-state index is 12.9. The van der Waals surface area contributed by atoms with Crippen molar-refractivity contribution in [2.45, 2.75) is 32.6 Å². The molecule has 1 N–H and O–H groups in total. The number of nitrogens with zero attached hydrogens (tertiary/aromatic N) is 1. The molecule has 1 aromatic carbocycles. The third-order valence-corrected chi connectivity index (χ3v) is 4.35. The molecule has 1 saturated heterocycles. The van der Waals surface area contributed by atoms with Crippen molar-refractivity contribution in [3.8, 4) is 0 Å². The van der Waals surface area contributed by atoms with E-state index in [1.165, 1.54) is 0 Å². The molecule has 5 heteroatoms. The molecule has 0 radical (unpaired) electrons. The lowest BCUT2D eigenvalue weighted by molar-refractivity contribution is -0.120. The lowest BCUT2D eigenvalue weighted by atomic mass is 9.89. The Bertz CT molecular complexity index is 700. The zero-order valence-electron chi connectivity index (χ0n) is 13.2. The summed E-state index contributed by atoms with van der Waals surface area (Å²) >= 11 is 0. The van der Waals surface area contributed by atoms with Crippen LogP contribution in [-0.4, -0.2) is 35.5 Å². The molecule has 0 saturated carbocycles. The third kappa shape index (κ3) is 2.79. The van der Waals surface area contributed by atoms with E-state index in [0.717, 1.165) is 32.4 Å². The topological polar surface area (TPSA) is 66.5 Å². The van der Waals surface area contributed by atoms with Gasteiger partial charge in [0.15, 0.2) is 0 Å². The van der Waals surface area contributed by atoms with Gasteiger partial charge in [0.1, 0.15) is 11.4 Å². The van der Waals surface area contributed by atoms with E-state index >= 15 is 0 Å². The summed E-state index contributed by atoms with van der Waals surface area (Å²) in [6.45, 7) is 3.20. The van der Waals surface area contributed by atoms with Crippen LogP contribution < -0.4 is 5.32 Å². The molecule has 23 heavy (non-hydrogen) atoms. The fourth-order valence-corrected chi connectivity index (χ4v) is 3.13. The molecule has 1 heterocycles. The summed E-state index contributed by atoms with van der Waals surface area (Å²) in [6.07, 6.45) is 3.36. The summed E-state index contributed by atoms with van der Waals surface area (Å²) in [5, 5.41) is 2.67. The Morgan fingerprint density at radius 1 is 1.04 bits per heavy atom. The van der Waals surface area contributed by atoms with Gasteiger partial charge in [-0.05, 0) is 19.3 Å². The number of likely N-dealkylation sites (tertiary alicyclic amines) is 1. The molecular weight excluding hydrogens is 292 g/mol. The first-order chi connectivity index (χ1) is 11.1. The molecule has 0 unspecified atom stereocenters. The van der Waals surface area contributed by atoms with E-state index in [4.69, 9.17) is 0 Å². The molecule has 3 rings (SSSR count). The van der Waals surface area contributed by atoms with E-state index in [1.807, 2.05) is 4.90 Å². The van der Waals surface area contributed by atoms with Crippen molar-refractivity contribution < 1.29 is 14.4 Å². The van der Waals surface area contributed by atoms with E-state index in [1.54, 1.807) is 31.2 Å². The van der Waals surface area contributed by atoms with Crippen molar-refractivity contribution in [1.29, 1.82) is 0 Å². The van der Waals surface area contributed by atoms with Gasteiger partial charge in [0, 0.05) is 30.6 Å². The number of amides is 1. The number of hydrogen-bond acceptors (Lipinski definition) is 4. The molecule has 0 bridgehead atoms. The highest BCUT2D eigenvalue weighted by molar-refractivity contribution is 6.27. The summed E-state index contributed by atoms with van der Waals surface area (Å²) in [7, 11) is 0. The standard InChI is InChI=1S/C18H20N2O3/c1-2-14(21)19-15-16(20-10-6-3-7-11-20)18(23)13-9-5-4-8-12(13)17(15)22/h4-5,8-9H,2-3,6-7,10-11H2,1H3,(H,19,21). The highest BCUT2D eigenvalue weighted by Gasteiger charge is 2.36. The van der Waals surface area contributed by atoms with Crippen LogP contribution in [0.2, 0.25) is 0 Å². The fourth-order valence-electron chi connectivity index (χ4n) is 3.13. The Labute approximate surface area is 135 Å². The van der Waals surface area contributed by atoms with Crippen LogP contribution in [0.1, 0.15) is 53.3 Å². The number of carbonyl (C=O) groups excluding carboxylic acids is 3. The third-order valence-electron chi connectivity index (χ3n) is 4.35. The number of ketones is 2. The van der Waals surface area contributed by atoms with Gasteiger partial charge in [-0.1, -0.05) is 31.2 Å². The number of carbonyl (C=O) groups is 3. The zero-order chi connectivity index (χ0) is 16.4. The van der Waals surface area contributed by atoms with Gasteiger partial charge in [-0.2, -0.15) is 0 Å². The van der Waals surface area contributed by atoms with Crippen molar-refractivity contribution in [2.24, 2.45) is 0 Å². The second-order valence-electron chi connectivity index (χ2n) is 5.88. The van der Waals surface area contributed by atoms with Gasteiger partial charge in [0.05, 0.1) is 0 Å². The Kier molecular flexibility index (Phi) is 4.28. The van der Waals surface area contributed by atoms with Gasteiger partial charge in [-0.15, -0.1) is 0 Å². The Hall–Kier alpha value is -2.43. The van der Waals surface area contributed by atoms with Crippen LogP contribution in [0.3, 0.4) is 0 Å². The van der Waals surface area contributed by atoms with Crippen LogP contribution in [0, 0.1) is 0 Å². The minimum absolute atomic E-state index is 0.141. The van der Waals surface area contributed by atoms with Crippen LogP contribution in [0.15, 0.2) is 35.7 Å². The van der Waals surface area contributed by atoms with Crippen LogP contribution in [0.25, 0.3) is 0 Å². The lowest BCUT2D eigenvalue weighted by Gasteiger charge is -2.33. The summed E-state index contributed by atoms with van der Waals surface area (Å²) in [5.41, 5.74) is 1.29. The van der Waals surface area contributed by atoms with Crippen molar-refractivity contribution in [3.05, 3.63) is 46.8 Å². The highest BCUT2D eigenvalue weighted by atomic mass is 16.2. The van der Waals surface area contributed by atoms with Crippen LogP contribution in [0.5, 0.6) is 0 Å². The maximum Gasteiger partial charge on any atom is 0.224 e. The van der Waals surface area contributed by atoms with E-state index in [-0.39, 0.29) is 29.6 Å². The molecule has 0 atom stereocenters. The number of fused-ring (bicyclic) bond motifs is 1. The Morgan fingerprint density at radius 3 is 2.26 bits per heavy atom. The van der Waals surface area contributed by atoms with Gasteiger partial charge in [-0.25, -0.2) is 0 Å². The van der Waals surface area contributed by atoms with Crippen molar-refractivity contribution in [2.75, 3.05) is 13.1 Å². The molecule has 2 aliphatic rings. The molecule has 1 aliphatic heterocycles. The first-order valence-electron chi connectivity index (χ1n) is 8.11. The van der Waals surface area contributed by atoms with Crippen LogP contribution in [0.4, 0.5) is 0 Å². The number of allylic oxidation sites excluding steroid dienone is 2. The fraction of sp³-hybridized carbons (Fsp3) is 0.389. The SMILES string of the molecule is CCC(=O)NC1=C(N2CCCCC2)C(=O)c2ccccc2C1=O. The quantitative estimate of drug-likeness (QED) is 0.930. The Balaban J connectivity index is 2.10. The van der Waals surface area contributed by atoms with E-state index < -0.39 is 0 Å². The lowest BCUT2D eigenvalue weighted by Crippen LogP contribution is -2.41. The maximum atomic E-state index is 12.9. The summed E-state index contributed by atoms with van der Waals surface area (Å²) in [5.74, 6) is -0.703. The predicted octanol–water partition coefficient (Wildman–Crippen LogP) is 2.29. The predicted molar refractivity (Wildman–Crippen MR) is 86.0 cm³/mol. The van der Waals surface area contributed by atoms with Crippen LogP contribution in [-0.2, 0) is 4.79 Å². The second kappa shape index (κ2) is 6.36. The molecule has 5 nitrogen and oxygen atoms in total. The van der Waals surface area contributed by atoms with Crippen molar-refractivity contribution in [1.82, 2.24) is 10.2 Å². The van der Waals surface area contributed by atoms with E-state index in [0.29, 0.717) is 16.8 Å². The monoisotopic (exact) mass is 312 g/mol. The highest BCUT2D eigenvalue weighted by Crippen LogP contribution is 2.29. The zero-order valence-corrected chi connectivity index (χ0v) is 13.2. The van der Waals surface area contributed by atoms with Gasteiger partial charge in [0.2, 0.25) is 17.5 Å². The van der Waals surface area contributed by atoms with Gasteiger partial charge < -0.3 is 10.2 Å². The van der Waals surface area contributed by atoms with Gasteiger partial charge in [0.25, 0.3) is 0 Å². The molecule has 0 spiro atoms. The number of benzene rings is 1. The normalized spacial score (nSPS) is 18.0. The second-order valence-corrected chi connectivity index (χ2v) is 5.88.